The Kier molecular flexibility index (Phi) is 4.04. The van der Waals surface area contributed by atoms with Crippen molar-refractivity contribution in [2.24, 2.45) is 5.73 Å². The third-order valence-corrected chi connectivity index (χ3v) is 2.24. The van der Waals surface area contributed by atoms with E-state index in [9.17, 15) is 4.39 Å². The van der Waals surface area contributed by atoms with Crippen LogP contribution in [-0.4, -0.2) is 12.6 Å². The van der Waals surface area contributed by atoms with Gasteiger partial charge >= 0.3 is 0 Å². The second-order valence-corrected chi connectivity index (χ2v) is 3.60. The molecule has 1 aromatic rings. The topological polar surface area (TPSA) is 38.0 Å². The van der Waals surface area contributed by atoms with Gasteiger partial charge in [-0.1, -0.05) is 12.1 Å². The van der Waals surface area contributed by atoms with E-state index < -0.39 is 0 Å². The highest BCUT2D eigenvalue weighted by Crippen LogP contribution is 2.08. The predicted molar refractivity (Wildman–Crippen MR) is 56.5 cm³/mol. The highest BCUT2D eigenvalue weighted by Gasteiger charge is 2.01. The van der Waals surface area contributed by atoms with Crippen LogP contribution in [0.5, 0.6) is 0 Å². The Balaban J connectivity index is 2.55. The van der Waals surface area contributed by atoms with Crippen LogP contribution in [0.3, 0.4) is 0 Å². The molecule has 78 valence electrons. The van der Waals surface area contributed by atoms with Crippen molar-refractivity contribution in [1.82, 2.24) is 5.32 Å². The van der Waals surface area contributed by atoms with Crippen LogP contribution in [0.4, 0.5) is 4.39 Å². The van der Waals surface area contributed by atoms with Crippen molar-refractivity contribution in [3.8, 4) is 0 Å². The maximum Gasteiger partial charge on any atom is 0.126 e. The van der Waals surface area contributed by atoms with E-state index in [0.29, 0.717) is 18.7 Å². The number of hydrogen-bond acceptors (Lipinski definition) is 2. The number of hydrogen-bond donors (Lipinski definition) is 2. The minimum atomic E-state index is -0.148. The van der Waals surface area contributed by atoms with Gasteiger partial charge in [0.25, 0.3) is 0 Å². The Morgan fingerprint density at radius 2 is 2.21 bits per heavy atom. The van der Waals surface area contributed by atoms with Crippen LogP contribution in [0.2, 0.25) is 0 Å². The summed E-state index contributed by atoms with van der Waals surface area (Å²) in [6.07, 6.45) is 0. The van der Waals surface area contributed by atoms with E-state index in [4.69, 9.17) is 5.73 Å². The van der Waals surface area contributed by atoms with Crippen molar-refractivity contribution in [1.29, 1.82) is 0 Å². The van der Waals surface area contributed by atoms with Gasteiger partial charge in [-0.05, 0) is 31.0 Å². The highest BCUT2D eigenvalue weighted by atomic mass is 19.1. The van der Waals surface area contributed by atoms with E-state index in [1.165, 1.54) is 0 Å². The summed E-state index contributed by atoms with van der Waals surface area (Å²) in [5.41, 5.74) is 7.09. The smallest absolute Gasteiger partial charge is 0.126 e. The number of rotatable bonds is 4. The summed E-state index contributed by atoms with van der Waals surface area (Å²) in [7, 11) is 0. The molecule has 3 N–H and O–H groups in total. The summed E-state index contributed by atoms with van der Waals surface area (Å²) < 4.78 is 13.1. The number of aryl methyl sites for hydroxylation is 1. The first kappa shape index (κ1) is 11.1. The van der Waals surface area contributed by atoms with Gasteiger partial charge in [0.1, 0.15) is 5.82 Å². The Morgan fingerprint density at radius 3 is 2.79 bits per heavy atom. The first-order chi connectivity index (χ1) is 6.63. The van der Waals surface area contributed by atoms with Crippen LogP contribution < -0.4 is 11.1 Å². The molecule has 0 radical (unpaired) electrons. The van der Waals surface area contributed by atoms with E-state index in [-0.39, 0.29) is 11.9 Å². The molecule has 1 aromatic carbocycles. The van der Waals surface area contributed by atoms with Crippen LogP contribution in [0.25, 0.3) is 0 Å². The Bertz CT molecular complexity index is 299. The molecule has 2 nitrogen and oxygen atoms in total. The number of nitrogens with one attached hydrogen (secondary N) is 1. The lowest BCUT2D eigenvalue weighted by Gasteiger charge is -2.11. The zero-order valence-electron chi connectivity index (χ0n) is 8.68. The second kappa shape index (κ2) is 5.08. The summed E-state index contributed by atoms with van der Waals surface area (Å²) in [5.74, 6) is -0.148. The maximum absolute atomic E-state index is 13.1. The lowest BCUT2D eigenvalue weighted by Crippen LogP contribution is -2.32. The molecule has 0 heterocycles. The van der Waals surface area contributed by atoms with Gasteiger partial charge in [0.2, 0.25) is 0 Å². The Labute approximate surface area is 84.3 Å². The first-order valence-electron chi connectivity index (χ1n) is 4.82. The lowest BCUT2D eigenvalue weighted by molar-refractivity contribution is 0.552. The van der Waals surface area contributed by atoms with Gasteiger partial charge in [-0.3, -0.25) is 0 Å². The molecule has 0 bridgehead atoms. The summed E-state index contributed by atoms with van der Waals surface area (Å²) >= 11 is 0. The van der Waals surface area contributed by atoms with Crippen molar-refractivity contribution < 1.29 is 4.39 Å². The molecule has 0 fully saturated rings. The van der Waals surface area contributed by atoms with Crippen molar-refractivity contribution in [2.45, 2.75) is 26.4 Å². The molecule has 0 aliphatic carbocycles. The maximum atomic E-state index is 13.1. The van der Waals surface area contributed by atoms with Gasteiger partial charge in [-0.2, -0.15) is 0 Å². The largest absolute Gasteiger partial charge is 0.329 e. The zero-order valence-corrected chi connectivity index (χ0v) is 8.68. The Hall–Kier alpha value is -0.930. The van der Waals surface area contributed by atoms with Crippen LogP contribution in [0.1, 0.15) is 18.1 Å². The number of halogens is 1. The number of nitrogens with two attached hydrogens (primary N) is 1. The van der Waals surface area contributed by atoms with E-state index in [1.807, 2.05) is 13.0 Å². The van der Waals surface area contributed by atoms with E-state index in [1.54, 1.807) is 19.1 Å². The van der Waals surface area contributed by atoms with Gasteiger partial charge in [0, 0.05) is 19.1 Å². The Morgan fingerprint density at radius 1 is 1.50 bits per heavy atom. The van der Waals surface area contributed by atoms with Crippen LogP contribution >= 0.6 is 0 Å². The summed E-state index contributed by atoms with van der Waals surface area (Å²) in [5, 5.41) is 3.20. The molecular formula is C11H17FN2. The average Bonchev–Trinajstić information content (AvgIpc) is 2.19. The normalized spacial score (nSPS) is 12.9. The molecule has 0 spiro atoms. The van der Waals surface area contributed by atoms with Crippen LogP contribution in [0.15, 0.2) is 18.2 Å². The quantitative estimate of drug-likeness (QED) is 0.767. The molecule has 3 heteroatoms. The summed E-state index contributed by atoms with van der Waals surface area (Å²) in [6.45, 7) is 5.02. The van der Waals surface area contributed by atoms with Gasteiger partial charge in [-0.15, -0.1) is 0 Å². The zero-order chi connectivity index (χ0) is 10.6. The van der Waals surface area contributed by atoms with Crippen molar-refractivity contribution in [3.63, 3.8) is 0 Å². The second-order valence-electron chi connectivity index (χ2n) is 3.60. The third-order valence-electron chi connectivity index (χ3n) is 2.24. The van der Waals surface area contributed by atoms with E-state index in [2.05, 4.69) is 5.32 Å². The minimum absolute atomic E-state index is 0.148. The van der Waals surface area contributed by atoms with Gasteiger partial charge in [0.05, 0.1) is 0 Å². The lowest BCUT2D eigenvalue weighted by atomic mass is 10.1. The van der Waals surface area contributed by atoms with Gasteiger partial charge < -0.3 is 11.1 Å². The fourth-order valence-electron chi connectivity index (χ4n) is 1.12. The molecular weight excluding hydrogens is 179 g/mol. The molecule has 0 aromatic heterocycles. The average molecular weight is 196 g/mol. The van der Waals surface area contributed by atoms with Gasteiger partial charge in [0.15, 0.2) is 0 Å². The van der Waals surface area contributed by atoms with E-state index in [0.717, 1.165) is 5.56 Å². The monoisotopic (exact) mass is 196 g/mol. The van der Waals surface area contributed by atoms with E-state index >= 15 is 0 Å². The molecule has 1 rings (SSSR count). The molecule has 0 aliphatic rings. The minimum Gasteiger partial charge on any atom is -0.329 e. The third kappa shape index (κ3) is 3.09. The molecule has 0 amide bonds. The SMILES string of the molecule is Cc1ccc(CNC(C)CN)cc1F. The molecule has 0 saturated carbocycles. The predicted octanol–water partition coefficient (Wildman–Crippen LogP) is 1.57. The summed E-state index contributed by atoms with van der Waals surface area (Å²) in [4.78, 5) is 0. The molecule has 1 unspecified atom stereocenters. The van der Waals surface area contributed by atoms with Crippen molar-refractivity contribution >= 4 is 0 Å². The standard InChI is InChI=1S/C11H17FN2/c1-8-3-4-10(5-11(8)12)7-14-9(2)6-13/h3-5,9,14H,6-7,13H2,1-2H3. The van der Waals surface area contributed by atoms with Crippen molar-refractivity contribution in [3.05, 3.63) is 35.1 Å². The van der Waals surface area contributed by atoms with Gasteiger partial charge in [-0.25, -0.2) is 4.39 Å². The van der Waals surface area contributed by atoms with Crippen LogP contribution in [0, 0.1) is 12.7 Å². The molecule has 14 heavy (non-hydrogen) atoms. The first-order valence-corrected chi connectivity index (χ1v) is 4.82. The van der Waals surface area contributed by atoms with Crippen molar-refractivity contribution in [2.75, 3.05) is 6.54 Å². The van der Waals surface area contributed by atoms with Crippen LogP contribution in [-0.2, 0) is 6.54 Å². The summed E-state index contributed by atoms with van der Waals surface area (Å²) in [6, 6.07) is 5.54. The fraction of sp³-hybridized carbons (Fsp3) is 0.455. The molecule has 1 atom stereocenters. The fourth-order valence-corrected chi connectivity index (χ4v) is 1.12. The highest BCUT2D eigenvalue weighted by molar-refractivity contribution is 5.23. The molecule has 0 saturated heterocycles. The number of benzene rings is 1. The molecule has 0 aliphatic heterocycles.